The van der Waals surface area contributed by atoms with Crippen molar-refractivity contribution in [3.05, 3.63) is 59.7 Å². The van der Waals surface area contributed by atoms with Crippen molar-refractivity contribution < 1.29 is 23.9 Å². The number of likely N-dealkylation sites (tertiary alicyclic amines) is 1. The standard InChI is InChI=1S/C33H42N4O5/c1-25(38)34-20-22-35(23-21-34)31(39)9-3-2-6-24-42-29-13-10-27(11-14-29)33(41)36-18-16-28(17-19-36)37-30-8-5-4-7-26(30)12-15-32(37)40/h4-5,7-8,10-11,13-14,28H,2-3,6,9,12,15-24H2,1H3. The SMILES string of the molecule is CC(=O)N1CCN(C(=O)CCCCCOc2ccc(C(=O)N3CCC(N4C(=O)CCc5ccccc54)CC3)cc2)CC1. The van der Waals surface area contributed by atoms with Crippen LogP contribution in [0.2, 0.25) is 0 Å². The molecule has 4 amide bonds. The number of ether oxygens (including phenoxy) is 1. The lowest BCUT2D eigenvalue weighted by atomic mass is 9.95. The molecule has 42 heavy (non-hydrogen) atoms. The molecule has 0 bridgehead atoms. The Morgan fingerprint density at radius 2 is 1.48 bits per heavy atom. The fourth-order valence-corrected chi connectivity index (χ4v) is 6.23. The zero-order valence-electron chi connectivity index (χ0n) is 24.6. The molecule has 2 aromatic rings. The first kappa shape index (κ1) is 29.6. The monoisotopic (exact) mass is 574 g/mol. The molecular weight excluding hydrogens is 532 g/mol. The number of para-hydroxylation sites is 1. The van der Waals surface area contributed by atoms with Crippen LogP contribution >= 0.6 is 0 Å². The Morgan fingerprint density at radius 3 is 2.19 bits per heavy atom. The third-order valence-electron chi connectivity index (χ3n) is 8.73. The van der Waals surface area contributed by atoms with Crippen LogP contribution in [0.15, 0.2) is 48.5 Å². The van der Waals surface area contributed by atoms with Gasteiger partial charge in [0.15, 0.2) is 0 Å². The fourth-order valence-electron chi connectivity index (χ4n) is 6.23. The van der Waals surface area contributed by atoms with Crippen molar-refractivity contribution in [1.82, 2.24) is 14.7 Å². The number of benzene rings is 2. The highest BCUT2D eigenvalue weighted by Crippen LogP contribution is 2.32. The molecule has 0 atom stereocenters. The average Bonchev–Trinajstić information content (AvgIpc) is 3.02. The average molecular weight is 575 g/mol. The number of carbonyl (C=O) groups is 4. The van der Waals surface area contributed by atoms with Crippen LogP contribution in [0.25, 0.3) is 0 Å². The molecule has 0 radical (unpaired) electrons. The number of carbonyl (C=O) groups excluding carboxylic acids is 4. The van der Waals surface area contributed by atoms with Gasteiger partial charge in [-0.1, -0.05) is 18.2 Å². The van der Waals surface area contributed by atoms with Crippen LogP contribution in [0, 0.1) is 0 Å². The molecule has 0 N–H and O–H groups in total. The summed E-state index contributed by atoms with van der Waals surface area (Å²) in [5.74, 6) is 1.15. The van der Waals surface area contributed by atoms with Crippen molar-refractivity contribution in [2.75, 3.05) is 50.8 Å². The zero-order chi connectivity index (χ0) is 29.5. The number of piperidine rings is 1. The summed E-state index contributed by atoms with van der Waals surface area (Å²) in [6.45, 7) is 5.86. The number of fused-ring (bicyclic) bond motifs is 1. The van der Waals surface area contributed by atoms with Gasteiger partial charge in [-0.2, -0.15) is 0 Å². The number of rotatable bonds is 9. The molecule has 0 aromatic heterocycles. The molecule has 9 nitrogen and oxygen atoms in total. The van der Waals surface area contributed by atoms with E-state index >= 15 is 0 Å². The largest absolute Gasteiger partial charge is 0.494 e. The molecule has 3 heterocycles. The minimum atomic E-state index is 0.0118. The zero-order valence-corrected chi connectivity index (χ0v) is 24.6. The summed E-state index contributed by atoms with van der Waals surface area (Å²) in [5.41, 5.74) is 2.90. The van der Waals surface area contributed by atoms with Gasteiger partial charge in [-0.25, -0.2) is 0 Å². The fraction of sp³-hybridized carbons (Fsp3) is 0.515. The number of unbranched alkanes of at least 4 members (excludes halogenated alkanes) is 2. The van der Waals surface area contributed by atoms with E-state index in [0.29, 0.717) is 64.3 Å². The molecule has 2 aromatic carbocycles. The van der Waals surface area contributed by atoms with Gasteiger partial charge < -0.3 is 24.3 Å². The van der Waals surface area contributed by atoms with Gasteiger partial charge in [0.1, 0.15) is 5.75 Å². The summed E-state index contributed by atoms with van der Waals surface area (Å²) < 4.78 is 5.87. The molecule has 9 heteroatoms. The number of hydrogen-bond acceptors (Lipinski definition) is 5. The Kier molecular flexibility index (Phi) is 9.77. The minimum absolute atomic E-state index is 0.0118. The first-order chi connectivity index (χ1) is 20.4. The molecule has 0 unspecified atom stereocenters. The molecule has 5 rings (SSSR count). The maximum atomic E-state index is 13.2. The van der Waals surface area contributed by atoms with Crippen LogP contribution in [0.1, 0.15) is 67.8 Å². The van der Waals surface area contributed by atoms with Crippen molar-refractivity contribution in [1.29, 1.82) is 0 Å². The molecule has 2 fully saturated rings. The van der Waals surface area contributed by atoms with Crippen molar-refractivity contribution >= 4 is 29.3 Å². The predicted molar refractivity (Wildman–Crippen MR) is 160 cm³/mol. The summed E-state index contributed by atoms with van der Waals surface area (Å²) in [4.78, 5) is 57.3. The van der Waals surface area contributed by atoms with Gasteiger partial charge in [0.05, 0.1) is 6.61 Å². The topological polar surface area (TPSA) is 90.5 Å². The maximum absolute atomic E-state index is 13.2. The first-order valence-electron chi connectivity index (χ1n) is 15.4. The van der Waals surface area contributed by atoms with E-state index in [9.17, 15) is 19.2 Å². The summed E-state index contributed by atoms with van der Waals surface area (Å²) in [6, 6.07) is 15.6. The minimum Gasteiger partial charge on any atom is -0.494 e. The summed E-state index contributed by atoms with van der Waals surface area (Å²) in [7, 11) is 0. The van der Waals surface area contributed by atoms with Gasteiger partial charge in [0, 0.05) is 76.3 Å². The molecule has 3 aliphatic heterocycles. The van der Waals surface area contributed by atoms with Crippen LogP contribution in [0.4, 0.5) is 5.69 Å². The highest BCUT2D eigenvalue weighted by atomic mass is 16.5. The second-order valence-electron chi connectivity index (χ2n) is 11.5. The van der Waals surface area contributed by atoms with E-state index < -0.39 is 0 Å². The van der Waals surface area contributed by atoms with Gasteiger partial charge in [-0.05, 0) is 74.4 Å². The molecule has 0 aliphatic carbocycles. The number of hydrogen-bond donors (Lipinski definition) is 0. The highest BCUT2D eigenvalue weighted by molar-refractivity contribution is 5.97. The Hall–Kier alpha value is -3.88. The van der Waals surface area contributed by atoms with Gasteiger partial charge >= 0.3 is 0 Å². The number of piperazine rings is 1. The van der Waals surface area contributed by atoms with Gasteiger partial charge in [-0.15, -0.1) is 0 Å². The van der Waals surface area contributed by atoms with E-state index in [4.69, 9.17) is 4.74 Å². The van der Waals surface area contributed by atoms with E-state index in [1.165, 1.54) is 5.56 Å². The lowest BCUT2D eigenvalue weighted by Crippen LogP contribution is -2.50. The van der Waals surface area contributed by atoms with Crippen molar-refractivity contribution in [3.8, 4) is 5.75 Å². The van der Waals surface area contributed by atoms with Crippen LogP contribution in [0.3, 0.4) is 0 Å². The van der Waals surface area contributed by atoms with Crippen LogP contribution in [-0.4, -0.2) is 90.2 Å². The lowest BCUT2D eigenvalue weighted by Gasteiger charge is -2.41. The Morgan fingerprint density at radius 1 is 0.786 bits per heavy atom. The van der Waals surface area contributed by atoms with Crippen LogP contribution in [0.5, 0.6) is 5.75 Å². The smallest absolute Gasteiger partial charge is 0.253 e. The van der Waals surface area contributed by atoms with Crippen molar-refractivity contribution in [2.45, 2.75) is 64.3 Å². The molecule has 0 spiro atoms. The molecule has 224 valence electrons. The summed E-state index contributed by atoms with van der Waals surface area (Å²) >= 11 is 0. The molecule has 2 saturated heterocycles. The first-order valence-corrected chi connectivity index (χ1v) is 15.4. The summed E-state index contributed by atoms with van der Waals surface area (Å²) in [6.07, 6.45) is 5.99. The van der Waals surface area contributed by atoms with E-state index in [2.05, 4.69) is 6.07 Å². The lowest BCUT2D eigenvalue weighted by molar-refractivity contribution is -0.138. The van der Waals surface area contributed by atoms with Crippen LogP contribution in [-0.2, 0) is 20.8 Å². The van der Waals surface area contributed by atoms with Gasteiger partial charge in [0.2, 0.25) is 17.7 Å². The van der Waals surface area contributed by atoms with Crippen molar-refractivity contribution in [3.63, 3.8) is 0 Å². The third-order valence-corrected chi connectivity index (χ3v) is 8.73. The van der Waals surface area contributed by atoms with E-state index in [0.717, 1.165) is 50.0 Å². The Bertz CT molecular complexity index is 1260. The number of anilines is 1. The van der Waals surface area contributed by atoms with Gasteiger partial charge in [-0.3, -0.25) is 19.2 Å². The molecule has 0 saturated carbocycles. The highest BCUT2D eigenvalue weighted by Gasteiger charge is 2.33. The summed E-state index contributed by atoms with van der Waals surface area (Å²) in [5, 5.41) is 0. The molecular formula is C33H42N4O5. The van der Waals surface area contributed by atoms with E-state index in [-0.39, 0.29) is 29.7 Å². The number of nitrogens with zero attached hydrogens (tertiary/aromatic N) is 4. The van der Waals surface area contributed by atoms with E-state index in [1.54, 1.807) is 11.8 Å². The number of aryl methyl sites for hydroxylation is 1. The molecule has 3 aliphatic rings. The Balaban J connectivity index is 0.994. The Labute approximate surface area is 248 Å². The van der Waals surface area contributed by atoms with Crippen LogP contribution < -0.4 is 9.64 Å². The normalized spacial score (nSPS) is 17.7. The predicted octanol–water partition coefficient (Wildman–Crippen LogP) is 3.90. The third kappa shape index (κ3) is 7.12. The number of amides is 4. The quantitative estimate of drug-likeness (QED) is 0.424. The second kappa shape index (κ2) is 13.9. The maximum Gasteiger partial charge on any atom is 0.253 e. The second-order valence-corrected chi connectivity index (χ2v) is 11.5. The van der Waals surface area contributed by atoms with Crippen molar-refractivity contribution in [2.24, 2.45) is 0 Å². The van der Waals surface area contributed by atoms with E-state index in [1.807, 2.05) is 57.2 Å². The van der Waals surface area contributed by atoms with Gasteiger partial charge in [0.25, 0.3) is 5.91 Å².